The van der Waals surface area contributed by atoms with Gasteiger partial charge in [0.15, 0.2) is 9.84 Å². The van der Waals surface area contributed by atoms with Crippen LogP contribution < -0.4 is 5.73 Å². The van der Waals surface area contributed by atoms with E-state index < -0.39 is 15.1 Å². The van der Waals surface area contributed by atoms with Gasteiger partial charge < -0.3 is 5.73 Å². The Kier molecular flexibility index (Phi) is 3.37. The van der Waals surface area contributed by atoms with Gasteiger partial charge in [0.2, 0.25) is 0 Å². The monoisotopic (exact) mass is 303 g/mol. The summed E-state index contributed by atoms with van der Waals surface area (Å²) in [4.78, 5) is 0.373. The molecule has 0 amide bonds. The van der Waals surface area contributed by atoms with Crippen LogP contribution >= 0.6 is 15.9 Å². The van der Waals surface area contributed by atoms with Gasteiger partial charge >= 0.3 is 0 Å². The first kappa shape index (κ1) is 12.1. The van der Waals surface area contributed by atoms with E-state index in [0.717, 1.165) is 17.3 Å². The molecule has 0 aromatic heterocycles. The molecule has 5 heteroatoms. The molecule has 0 radical (unpaired) electrons. The number of rotatable bonds is 2. The molecule has 0 aliphatic heterocycles. The van der Waals surface area contributed by atoms with Crippen molar-refractivity contribution in [2.45, 2.75) is 35.4 Å². The summed E-state index contributed by atoms with van der Waals surface area (Å²) in [7, 11) is -3.25. The first-order valence-electron chi connectivity index (χ1n) is 5.27. The van der Waals surface area contributed by atoms with Crippen molar-refractivity contribution >= 4 is 25.8 Å². The maximum atomic E-state index is 12.3. The first-order valence-corrected chi connectivity index (χ1v) is 7.61. The third kappa shape index (κ3) is 2.17. The van der Waals surface area contributed by atoms with Crippen LogP contribution in [0.1, 0.15) is 19.3 Å². The number of nitrogens with two attached hydrogens (primary N) is 1. The molecule has 1 fully saturated rings. The molecule has 0 bridgehead atoms. The zero-order chi connectivity index (χ0) is 11.8. The van der Waals surface area contributed by atoms with Crippen molar-refractivity contribution < 1.29 is 8.42 Å². The zero-order valence-corrected chi connectivity index (χ0v) is 11.2. The quantitative estimate of drug-likeness (QED) is 0.910. The van der Waals surface area contributed by atoms with Crippen LogP contribution in [0.5, 0.6) is 0 Å². The van der Waals surface area contributed by atoms with Crippen molar-refractivity contribution in [2.24, 2.45) is 5.73 Å². The molecule has 0 heterocycles. The molecule has 0 saturated heterocycles. The Bertz CT molecular complexity index is 469. The van der Waals surface area contributed by atoms with Crippen molar-refractivity contribution in [2.75, 3.05) is 0 Å². The highest BCUT2D eigenvalue weighted by molar-refractivity contribution is 9.10. The molecule has 2 rings (SSSR count). The van der Waals surface area contributed by atoms with Crippen molar-refractivity contribution in [3.63, 3.8) is 0 Å². The predicted octanol–water partition coefficient (Wildman–Crippen LogP) is 2.10. The highest BCUT2D eigenvalue weighted by Crippen LogP contribution is 2.29. The van der Waals surface area contributed by atoms with Gasteiger partial charge in [0.25, 0.3) is 0 Å². The average Bonchev–Trinajstić information content (AvgIpc) is 2.66. The standard InChI is InChI=1S/C11H14BrNO2S/c12-8-4-6-9(7-5-8)16(14,15)11-3-1-2-10(11)13/h4-7,10-11H,1-3,13H2. The van der Waals surface area contributed by atoms with E-state index in [1.165, 1.54) is 0 Å². The predicted molar refractivity (Wildman–Crippen MR) is 66.9 cm³/mol. The lowest BCUT2D eigenvalue weighted by Crippen LogP contribution is -2.35. The van der Waals surface area contributed by atoms with Crippen LogP contribution in [0.2, 0.25) is 0 Å². The van der Waals surface area contributed by atoms with E-state index in [1.54, 1.807) is 24.3 Å². The summed E-state index contributed by atoms with van der Waals surface area (Å²) >= 11 is 3.29. The summed E-state index contributed by atoms with van der Waals surface area (Å²) in [5, 5.41) is -0.409. The highest BCUT2D eigenvalue weighted by atomic mass is 79.9. The second-order valence-corrected chi connectivity index (χ2v) is 7.21. The molecule has 1 aromatic carbocycles. The van der Waals surface area contributed by atoms with E-state index >= 15 is 0 Å². The van der Waals surface area contributed by atoms with E-state index in [-0.39, 0.29) is 6.04 Å². The van der Waals surface area contributed by atoms with E-state index in [0.29, 0.717) is 11.3 Å². The van der Waals surface area contributed by atoms with E-state index in [1.807, 2.05) is 0 Å². The minimum atomic E-state index is -3.25. The van der Waals surface area contributed by atoms with Gasteiger partial charge in [0.05, 0.1) is 10.1 Å². The SMILES string of the molecule is NC1CCCC1S(=O)(=O)c1ccc(Br)cc1. The molecule has 2 N–H and O–H groups in total. The third-order valence-electron chi connectivity index (χ3n) is 3.04. The minimum Gasteiger partial charge on any atom is -0.327 e. The summed E-state index contributed by atoms with van der Waals surface area (Å²) in [5.74, 6) is 0. The van der Waals surface area contributed by atoms with Crippen LogP contribution in [0.25, 0.3) is 0 Å². The van der Waals surface area contributed by atoms with Crippen molar-refractivity contribution in [1.29, 1.82) is 0 Å². The van der Waals surface area contributed by atoms with Crippen LogP contribution in [0.15, 0.2) is 33.6 Å². The molecular weight excluding hydrogens is 290 g/mol. The Morgan fingerprint density at radius 2 is 1.81 bits per heavy atom. The lowest BCUT2D eigenvalue weighted by Gasteiger charge is -2.16. The molecule has 16 heavy (non-hydrogen) atoms. The van der Waals surface area contributed by atoms with Crippen molar-refractivity contribution in [1.82, 2.24) is 0 Å². The summed E-state index contributed by atoms with van der Waals surface area (Å²) < 4.78 is 25.4. The Morgan fingerprint density at radius 1 is 1.19 bits per heavy atom. The second kappa shape index (κ2) is 4.47. The Balaban J connectivity index is 2.35. The van der Waals surface area contributed by atoms with Crippen LogP contribution in [0.4, 0.5) is 0 Å². The van der Waals surface area contributed by atoms with E-state index in [4.69, 9.17) is 5.73 Å². The fourth-order valence-electron chi connectivity index (χ4n) is 2.14. The maximum Gasteiger partial charge on any atom is 0.182 e. The second-order valence-electron chi connectivity index (χ2n) is 4.13. The summed E-state index contributed by atoms with van der Waals surface area (Å²) in [6.45, 7) is 0. The Labute approximate surface area is 104 Å². The number of hydrogen-bond donors (Lipinski definition) is 1. The van der Waals surface area contributed by atoms with Gasteiger partial charge in [-0.1, -0.05) is 22.4 Å². The molecule has 1 saturated carbocycles. The molecule has 2 unspecified atom stereocenters. The number of benzene rings is 1. The number of sulfone groups is 1. The molecule has 3 nitrogen and oxygen atoms in total. The third-order valence-corrected chi connectivity index (χ3v) is 5.88. The van der Waals surface area contributed by atoms with Crippen LogP contribution in [0.3, 0.4) is 0 Å². The minimum absolute atomic E-state index is 0.214. The topological polar surface area (TPSA) is 60.2 Å². The molecule has 88 valence electrons. The summed E-state index contributed by atoms with van der Waals surface area (Å²) in [6.07, 6.45) is 2.39. The number of hydrogen-bond acceptors (Lipinski definition) is 3. The lowest BCUT2D eigenvalue weighted by atomic mass is 10.3. The van der Waals surface area contributed by atoms with Gasteiger partial charge in [-0.05, 0) is 37.1 Å². The van der Waals surface area contributed by atoms with Gasteiger partial charge in [-0.2, -0.15) is 0 Å². The Morgan fingerprint density at radius 3 is 2.31 bits per heavy atom. The smallest absolute Gasteiger partial charge is 0.182 e. The first-order chi connectivity index (χ1) is 7.51. The molecule has 1 aromatic rings. The van der Waals surface area contributed by atoms with Crippen LogP contribution in [-0.4, -0.2) is 19.7 Å². The van der Waals surface area contributed by atoms with Crippen LogP contribution in [0, 0.1) is 0 Å². The molecule has 1 aliphatic rings. The van der Waals surface area contributed by atoms with E-state index in [9.17, 15) is 8.42 Å². The average molecular weight is 304 g/mol. The molecule has 0 spiro atoms. The fraction of sp³-hybridized carbons (Fsp3) is 0.455. The van der Waals surface area contributed by atoms with Gasteiger partial charge in [-0.15, -0.1) is 0 Å². The maximum absolute atomic E-state index is 12.3. The molecule has 2 atom stereocenters. The van der Waals surface area contributed by atoms with Gasteiger partial charge in [0, 0.05) is 10.5 Å². The van der Waals surface area contributed by atoms with Crippen molar-refractivity contribution in [3.8, 4) is 0 Å². The van der Waals surface area contributed by atoms with E-state index in [2.05, 4.69) is 15.9 Å². The Hall–Kier alpha value is -0.390. The summed E-state index contributed by atoms with van der Waals surface area (Å²) in [6, 6.07) is 6.53. The van der Waals surface area contributed by atoms with Gasteiger partial charge in [0.1, 0.15) is 0 Å². The summed E-state index contributed by atoms with van der Waals surface area (Å²) in [5.41, 5.74) is 5.84. The van der Waals surface area contributed by atoms with Gasteiger partial charge in [-0.3, -0.25) is 0 Å². The lowest BCUT2D eigenvalue weighted by molar-refractivity contribution is 0.568. The van der Waals surface area contributed by atoms with Crippen molar-refractivity contribution in [3.05, 3.63) is 28.7 Å². The number of halogens is 1. The van der Waals surface area contributed by atoms with Gasteiger partial charge in [-0.25, -0.2) is 8.42 Å². The fourth-order valence-corrected chi connectivity index (χ4v) is 4.34. The normalized spacial score (nSPS) is 25.9. The highest BCUT2D eigenvalue weighted by Gasteiger charge is 2.36. The molecular formula is C11H14BrNO2S. The largest absolute Gasteiger partial charge is 0.327 e. The zero-order valence-electron chi connectivity index (χ0n) is 8.77. The van der Waals surface area contributed by atoms with Crippen LogP contribution in [-0.2, 0) is 9.84 Å². The molecule has 1 aliphatic carbocycles.